The molecule has 0 radical (unpaired) electrons. The molecule has 0 aliphatic carbocycles. The Labute approximate surface area is 373 Å². The average molecular weight is 759 g/mol. The normalized spacial score (nSPS) is 18.1. The van der Waals surface area contributed by atoms with E-state index in [1.54, 1.807) is 60.7 Å². The summed E-state index contributed by atoms with van der Waals surface area (Å²) in [5.74, 6) is 0. The van der Waals surface area contributed by atoms with Crippen LogP contribution in [0.5, 0.6) is 0 Å². The lowest BCUT2D eigenvalue weighted by Crippen LogP contribution is -1.94. The predicted octanol–water partition coefficient (Wildman–Crippen LogP) is 16.4. The van der Waals surface area contributed by atoms with Gasteiger partial charge in [-0.1, -0.05) is 206 Å². The first-order valence-electron chi connectivity index (χ1n) is 31.1. The summed E-state index contributed by atoms with van der Waals surface area (Å²) in [6.07, 6.45) is 0. The van der Waals surface area contributed by atoms with Crippen molar-refractivity contribution in [1.82, 2.24) is 0 Å². The Kier molecular flexibility index (Phi) is 3.62. The molecule has 0 aliphatic heterocycles. The third-order valence-electron chi connectivity index (χ3n) is 10.7. The topological polar surface area (TPSA) is 0 Å². The molecule has 58 heavy (non-hydrogen) atoms. The van der Waals surface area contributed by atoms with Crippen molar-refractivity contribution in [2.45, 2.75) is 0 Å². The van der Waals surface area contributed by atoms with Gasteiger partial charge in [0.15, 0.2) is 0 Å². The van der Waals surface area contributed by atoms with Crippen LogP contribution in [0.4, 0.5) is 0 Å². The highest BCUT2D eigenvalue weighted by molar-refractivity contribution is 6.31. The smallest absolute Gasteiger partial charge is 0.0622 e. The van der Waals surface area contributed by atoms with Crippen LogP contribution in [-0.4, -0.2) is 0 Å². The Morgan fingerprint density at radius 1 is 0.224 bits per heavy atom. The molecular weight excluding hydrogens is 697 g/mol. The molecular formula is C58H36. The maximum Gasteiger partial charge on any atom is 0.0629 e. The van der Waals surface area contributed by atoms with Crippen LogP contribution in [0.2, 0.25) is 0 Å². The average Bonchev–Trinajstić information content (AvgIpc) is 0.897. The predicted molar refractivity (Wildman–Crippen MR) is 251 cm³/mol. The van der Waals surface area contributed by atoms with E-state index in [0.717, 1.165) is 0 Å². The van der Waals surface area contributed by atoms with E-state index in [9.17, 15) is 11.0 Å². The second kappa shape index (κ2) is 13.0. The highest BCUT2D eigenvalue weighted by Gasteiger charge is 2.22. The molecule has 0 spiro atoms. The molecule has 0 amide bonds. The van der Waals surface area contributed by atoms with Gasteiger partial charge in [0, 0.05) is 0 Å². The minimum Gasteiger partial charge on any atom is -0.0622 e. The summed E-state index contributed by atoms with van der Waals surface area (Å²) in [6, 6.07) is -3.67. The van der Waals surface area contributed by atoms with Gasteiger partial charge in [0.05, 0.1) is 35.6 Å². The molecule has 0 bridgehead atoms. The Hall–Kier alpha value is -7.54. The minimum atomic E-state index is -0.823. The van der Waals surface area contributed by atoms with Gasteiger partial charge in [0.25, 0.3) is 0 Å². The van der Waals surface area contributed by atoms with Crippen LogP contribution < -0.4 is 0 Å². The van der Waals surface area contributed by atoms with Crippen LogP contribution in [0, 0.1) is 0 Å². The molecule has 0 heteroatoms. The number of hydrogen-bond acceptors (Lipinski definition) is 0. The van der Waals surface area contributed by atoms with Crippen molar-refractivity contribution in [2.24, 2.45) is 0 Å². The largest absolute Gasteiger partial charge is 0.0629 e. The lowest BCUT2D eigenvalue weighted by molar-refractivity contribution is 1.66. The Morgan fingerprint density at radius 2 is 0.483 bits per heavy atom. The molecule has 268 valence electrons. The third kappa shape index (κ3) is 4.82. The van der Waals surface area contributed by atoms with Gasteiger partial charge in [-0.25, -0.2) is 0 Å². The van der Waals surface area contributed by atoms with Gasteiger partial charge < -0.3 is 0 Å². The van der Waals surface area contributed by atoms with Crippen molar-refractivity contribution in [1.29, 1.82) is 0 Å². The molecule has 0 atom stereocenters. The van der Waals surface area contributed by atoms with Crippen LogP contribution in [0.3, 0.4) is 0 Å². The third-order valence-corrected chi connectivity index (χ3v) is 10.7. The highest BCUT2D eigenvalue weighted by Crippen LogP contribution is 2.50. The second-order valence-electron chi connectivity index (χ2n) is 13.5. The zero-order valence-electron chi connectivity index (χ0n) is 55.8. The van der Waals surface area contributed by atoms with E-state index in [2.05, 4.69) is 0 Å². The van der Waals surface area contributed by atoms with E-state index < -0.39 is 201 Å². The fourth-order valence-electron chi connectivity index (χ4n) is 8.40. The lowest BCUT2D eigenvalue weighted by atomic mass is 9.81. The molecule has 12 rings (SSSR count). The first-order chi connectivity index (χ1) is 39.6. The molecule has 12 aromatic carbocycles. The zero-order chi connectivity index (χ0) is 60.8. The molecule has 0 heterocycles. The fraction of sp³-hybridized carbons (Fsp3) is 0. The van der Waals surface area contributed by atoms with E-state index in [1.165, 1.54) is 0 Å². The fourth-order valence-corrected chi connectivity index (χ4v) is 8.40. The molecule has 0 saturated carbocycles. The van der Waals surface area contributed by atoms with Gasteiger partial charge in [-0.3, -0.25) is 0 Å². The monoisotopic (exact) mass is 758 g/mol. The van der Waals surface area contributed by atoms with Crippen molar-refractivity contribution in [3.63, 3.8) is 0 Å². The van der Waals surface area contributed by atoms with Crippen molar-refractivity contribution in [2.75, 3.05) is 0 Å². The van der Waals surface area contributed by atoms with Crippen LogP contribution in [0.1, 0.15) is 35.6 Å². The molecule has 0 aliphatic rings. The Morgan fingerprint density at radius 3 is 0.793 bits per heavy atom. The van der Waals surface area contributed by atoms with Crippen LogP contribution in [0.15, 0.2) is 218 Å². The van der Waals surface area contributed by atoms with Gasteiger partial charge in [-0.2, -0.15) is 0 Å². The summed E-state index contributed by atoms with van der Waals surface area (Å²) in [6.45, 7) is 0. The highest BCUT2D eigenvalue weighted by atomic mass is 14.3. The van der Waals surface area contributed by atoms with Crippen molar-refractivity contribution in [3.05, 3.63) is 218 Å². The van der Waals surface area contributed by atoms with Gasteiger partial charge >= 0.3 is 0 Å². The maximum absolute atomic E-state index is 9.66. The van der Waals surface area contributed by atoms with Crippen LogP contribution in [-0.2, 0) is 0 Å². The number of hydrogen-bond donors (Lipinski definition) is 0. The van der Waals surface area contributed by atoms with Gasteiger partial charge in [0.1, 0.15) is 0 Å². The quantitative estimate of drug-likeness (QED) is 0.124. The summed E-state index contributed by atoms with van der Waals surface area (Å²) >= 11 is 0. The van der Waals surface area contributed by atoms with Gasteiger partial charge in [-0.15, -0.1) is 0 Å². The Bertz CT molecular complexity index is 4610. The van der Waals surface area contributed by atoms with Crippen molar-refractivity contribution < 1.29 is 35.6 Å². The summed E-state index contributed by atoms with van der Waals surface area (Å²) in [5, 5.41) is -0.942. The minimum absolute atomic E-state index is 0.135. The van der Waals surface area contributed by atoms with Crippen LogP contribution in [0.25, 0.3) is 120 Å². The molecule has 0 saturated heterocycles. The van der Waals surface area contributed by atoms with E-state index in [4.69, 9.17) is 24.7 Å². The van der Waals surface area contributed by atoms with E-state index in [-0.39, 0.29) is 43.8 Å². The zero-order valence-corrected chi connectivity index (χ0v) is 29.8. The molecule has 0 nitrogen and oxygen atoms in total. The van der Waals surface area contributed by atoms with E-state index >= 15 is 0 Å². The summed E-state index contributed by atoms with van der Waals surface area (Å²) < 4.78 is 237. The van der Waals surface area contributed by atoms with Gasteiger partial charge in [-0.05, 0) is 132 Å². The number of benzene rings is 12. The summed E-state index contributed by atoms with van der Waals surface area (Å²) in [7, 11) is 0. The maximum atomic E-state index is 9.66. The molecule has 12 aromatic rings. The number of rotatable bonds is 4. The summed E-state index contributed by atoms with van der Waals surface area (Å²) in [5.41, 5.74) is -2.12. The Balaban J connectivity index is 1.34. The van der Waals surface area contributed by atoms with Crippen molar-refractivity contribution >= 4 is 75.4 Å². The van der Waals surface area contributed by atoms with E-state index in [0.29, 0.717) is 32.3 Å². The van der Waals surface area contributed by atoms with Crippen LogP contribution >= 0.6 is 0 Å². The first-order valence-corrected chi connectivity index (χ1v) is 18.1. The number of fused-ring (bicyclic) bond motifs is 9. The molecule has 0 unspecified atom stereocenters. The molecule has 0 N–H and O–H groups in total. The first kappa shape index (κ1) is 16.1. The molecule has 0 fully saturated rings. The molecule has 0 aromatic heterocycles. The standard InChI is InChI=1S/C58H36/c1-3-19-37(20-4-1)55-43-27-11-15-31-47(43)57(48-32-16-12-28-44(48)55)53-35-51-40-24-8-10-26-42(40)54(36-52(51)39-23-7-9-25-41(39)53)58-49-33-17-13-29-45(49)56(38-21-5-2-6-22-38)46-30-14-18-34-50(46)58/h1-36H/i1D,2D,3D,4D,5D,6D,11D,12D,13D,14D,15D,16D,17D,18D,19D,20D,21D,22D,27D,28D,29D,30D,31D,32D,33D,34D. The van der Waals surface area contributed by atoms with E-state index in [1.807, 2.05) is 0 Å². The van der Waals surface area contributed by atoms with Crippen molar-refractivity contribution in [3.8, 4) is 44.5 Å². The second-order valence-corrected chi connectivity index (χ2v) is 13.5. The van der Waals surface area contributed by atoms with Gasteiger partial charge in [0.2, 0.25) is 0 Å². The lowest BCUT2D eigenvalue weighted by Gasteiger charge is -2.22. The summed E-state index contributed by atoms with van der Waals surface area (Å²) in [4.78, 5) is 0. The SMILES string of the molecule is [2H]c1c([2H])c([2H])c(-c2c3c([2H])c([2H])c([2H])c([2H])c3c(-c3cc4c5ccccc5c(-c5c6c([2H])c([2H])c([2H])c([2H])c6c(-c6c([2H])c([2H])c([2H])c([2H])c6[2H])c6c([2H])c([2H])c([2H])c([2H])c56)cc4c4ccccc34)c3c([2H])c([2H])c([2H])c([2H])c23)c([2H])c1[2H].